The minimum Gasteiger partial charge on any atom is -0.507 e. The Bertz CT molecular complexity index is 712. The van der Waals surface area contributed by atoms with E-state index in [0.29, 0.717) is 0 Å². The van der Waals surface area contributed by atoms with Gasteiger partial charge in [0.1, 0.15) is 5.75 Å². The van der Waals surface area contributed by atoms with Crippen molar-refractivity contribution in [3.63, 3.8) is 0 Å². The van der Waals surface area contributed by atoms with Crippen LogP contribution >= 0.6 is 0 Å². The topological polar surface area (TPSA) is 77.8 Å². The molecule has 0 saturated heterocycles. The predicted octanol–water partition coefficient (Wildman–Crippen LogP) is 3.53. The largest absolute Gasteiger partial charge is 0.507 e. The molecule has 0 heterocycles. The number of aromatic hydroxyl groups is 3. The maximum Gasteiger partial charge on any atom is 0.171 e. The van der Waals surface area contributed by atoms with Crippen molar-refractivity contribution in [3.8, 4) is 17.2 Å². The van der Waals surface area contributed by atoms with Crippen LogP contribution in [0.4, 0.5) is 0 Å². The van der Waals surface area contributed by atoms with Crippen molar-refractivity contribution in [3.05, 3.63) is 53.1 Å². The molecule has 0 aromatic heterocycles. The Morgan fingerprint density at radius 1 is 0.955 bits per heavy atom. The monoisotopic (exact) mass is 300 g/mol. The molecule has 116 valence electrons. The van der Waals surface area contributed by atoms with E-state index in [1.54, 1.807) is 0 Å². The first kappa shape index (κ1) is 15.9. The lowest BCUT2D eigenvalue weighted by Gasteiger charge is -2.19. The van der Waals surface area contributed by atoms with Crippen molar-refractivity contribution in [1.29, 1.82) is 0 Å². The van der Waals surface area contributed by atoms with Crippen molar-refractivity contribution < 1.29 is 20.1 Å². The summed E-state index contributed by atoms with van der Waals surface area (Å²) in [6, 6.07) is 9.78. The van der Waals surface area contributed by atoms with E-state index in [1.807, 2.05) is 24.3 Å². The molecule has 0 aliphatic rings. The Labute approximate surface area is 129 Å². The maximum atomic E-state index is 12.3. The van der Waals surface area contributed by atoms with Crippen molar-refractivity contribution >= 4 is 5.78 Å². The second-order valence-corrected chi connectivity index (χ2v) is 6.41. The molecule has 2 aromatic rings. The lowest BCUT2D eigenvalue weighted by molar-refractivity contribution is 0.0990. The minimum absolute atomic E-state index is 0.00328. The number of hydrogen-bond acceptors (Lipinski definition) is 4. The Hall–Kier alpha value is -2.49. The van der Waals surface area contributed by atoms with Gasteiger partial charge in [0.25, 0.3) is 0 Å². The van der Waals surface area contributed by atoms with Gasteiger partial charge in [0.05, 0.1) is 5.56 Å². The highest BCUT2D eigenvalue weighted by Crippen LogP contribution is 2.33. The van der Waals surface area contributed by atoms with E-state index < -0.39 is 11.5 Å². The van der Waals surface area contributed by atoms with Gasteiger partial charge < -0.3 is 15.3 Å². The van der Waals surface area contributed by atoms with Crippen LogP contribution in [0.5, 0.6) is 17.2 Å². The molecule has 0 radical (unpaired) electrons. The highest BCUT2D eigenvalue weighted by Gasteiger charge is 2.17. The summed E-state index contributed by atoms with van der Waals surface area (Å²) < 4.78 is 0. The third kappa shape index (κ3) is 3.39. The highest BCUT2D eigenvalue weighted by molar-refractivity contribution is 6.00. The van der Waals surface area contributed by atoms with Gasteiger partial charge >= 0.3 is 0 Å². The van der Waals surface area contributed by atoms with Crippen molar-refractivity contribution in [2.75, 3.05) is 0 Å². The summed E-state index contributed by atoms with van der Waals surface area (Å²) in [6.07, 6.45) is 0.113. The molecule has 3 N–H and O–H groups in total. The minimum atomic E-state index is -0.455. The van der Waals surface area contributed by atoms with Crippen molar-refractivity contribution in [1.82, 2.24) is 0 Å². The van der Waals surface area contributed by atoms with Gasteiger partial charge in [-0.15, -0.1) is 0 Å². The van der Waals surface area contributed by atoms with Crippen LogP contribution in [0, 0.1) is 0 Å². The molecular weight excluding hydrogens is 280 g/mol. The van der Waals surface area contributed by atoms with Gasteiger partial charge in [-0.2, -0.15) is 0 Å². The molecule has 0 fully saturated rings. The first-order valence-corrected chi connectivity index (χ1v) is 7.06. The predicted molar refractivity (Wildman–Crippen MR) is 84.6 cm³/mol. The fourth-order valence-corrected chi connectivity index (χ4v) is 2.22. The standard InChI is InChI=1S/C18H20O4/c1-18(2,3)12-6-4-5-11(7-12)8-14(19)13-9-16(21)17(22)10-15(13)20/h4-7,9-10,20-22H,8H2,1-3H3. The molecule has 0 unspecified atom stereocenters. The lowest BCUT2D eigenvalue weighted by Crippen LogP contribution is -2.12. The molecule has 0 amide bonds. The van der Waals surface area contributed by atoms with E-state index in [4.69, 9.17) is 0 Å². The number of phenolic OH excluding ortho intramolecular Hbond substituents is 3. The summed E-state index contributed by atoms with van der Waals surface area (Å²) in [4.78, 5) is 12.3. The molecule has 0 saturated carbocycles. The van der Waals surface area contributed by atoms with Crippen LogP contribution in [-0.4, -0.2) is 21.1 Å². The van der Waals surface area contributed by atoms with Crippen molar-refractivity contribution in [2.24, 2.45) is 0 Å². The Morgan fingerprint density at radius 2 is 1.59 bits per heavy atom. The normalized spacial score (nSPS) is 11.4. The number of ketones is 1. The number of carbonyl (C=O) groups is 1. The van der Waals surface area contributed by atoms with Crippen LogP contribution in [-0.2, 0) is 11.8 Å². The van der Waals surface area contributed by atoms with Gasteiger partial charge in [0.2, 0.25) is 0 Å². The van der Waals surface area contributed by atoms with E-state index in [-0.39, 0.29) is 28.9 Å². The molecule has 2 aromatic carbocycles. The highest BCUT2D eigenvalue weighted by atomic mass is 16.3. The van der Waals surface area contributed by atoms with Gasteiger partial charge in [0.15, 0.2) is 17.3 Å². The summed E-state index contributed by atoms with van der Waals surface area (Å²) in [5, 5.41) is 28.5. The number of Topliss-reactive ketones (excluding diaryl/α,β-unsaturated/α-hetero) is 1. The summed E-state index contributed by atoms with van der Waals surface area (Å²) in [5.41, 5.74) is 1.94. The number of benzene rings is 2. The zero-order chi connectivity index (χ0) is 16.5. The molecule has 0 atom stereocenters. The molecule has 0 bridgehead atoms. The molecule has 22 heavy (non-hydrogen) atoms. The van der Waals surface area contributed by atoms with E-state index >= 15 is 0 Å². The summed E-state index contributed by atoms with van der Waals surface area (Å²) in [7, 11) is 0. The number of phenols is 3. The quantitative estimate of drug-likeness (QED) is 0.460. The molecule has 0 aliphatic carbocycles. The van der Waals surface area contributed by atoms with Gasteiger partial charge in [-0.1, -0.05) is 45.0 Å². The Morgan fingerprint density at radius 3 is 2.23 bits per heavy atom. The maximum absolute atomic E-state index is 12.3. The number of hydrogen-bond donors (Lipinski definition) is 3. The van der Waals surface area contributed by atoms with E-state index in [2.05, 4.69) is 20.8 Å². The summed E-state index contributed by atoms with van der Waals surface area (Å²) in [5.74, 6) is -1.54. The van der Waals surface area contributed by atoms with Crippen LogP contribution in [0.2, 0.25) is 0 Å². The Balaban J connectivity index is 2.28. The van der Waals surface area contributed by atoms with Gasteiger partial charge in [-0.25, -0.2) is 0 Å². The van der Waals surface area contributed by atoms with Crippen molar-refractivity contribution in [2.45, 2.75) is 32.6 Å². The SMILES string of the molecule is CC(C)(C)c1cccc(CC(=O)c2cc(O)c(O)cc2O)c1. The second-order valence-electron chi connectivity index (χ2n) is 6.41. The molecular formula is C18H20O4. The average molecular weight is 300 g/mol. The van der Waals surface area contributed by atoms with E-state index in [9.17, 15) is 20.1 Å². The molecule has 0 spiro atoms. The zero-order valence-electron chi connectivity index (χ0n) is 12.9. The zero-order valence-corrected chi connectivity index (χ0v) is 12.9. The lowest BCUT2D eigenvalue weighted by atomic mass is 9.85. The van der Waals surface area contributed by atoms with Gasteiger partial charge in [-0.3, -0.25) is 4.79 Å². The molecule has 4 heteroatoms. The van der Waals surface area contributed by atoms with Crippen LogP contribution in [0.25, 0.3) is 0 Å². The third-order valence-electron chi connectivity index (χ3n) is 3.55. The van der Waals surface area contributed by atoms with Crippen LogP contribution < -0.4 is 0 Å². The molecule has 2 rings (SSSR count). The van der Waals surface area contributed by atoms with Crippen LogP contribution in [0.15, 0.2) is 36.4 Å². The third-order valence-corrected chi connectivity index (χ3v) is 3.55. The fourth-order valence-electron chi connectivity index (χ4n) is 2.22. The smallest absolute Gasteiger partial charge is 0.171 e. The number of rotatable bonds is 3. The van der Waals surface area contributed by atoms with Gasteiger partial charge in [-0.05, 0) is 22.6 Å². The van der Waals surface area contributed by atoms with Crippen LogP contribution in [0.1, 0.15) is 42.3 Å². The molecule has 4 nitrogen and oxygen atoms in total. The fraction of sp³-hybridized carbons (Fsp3) is 0.278. The second kappa shape index (κ2) is 5.72. The van der Waals surface area contributed by atoms with E-state index in [1.165, 1.54) is 0 Å². The number of carbonyl (C=O) groups excluding carboxylic acids is 1. The summed E-state index contributed by atoms with van der Waals surface area (Å²) in [6.45, 7) is 6.29. The molecule has 0 aliphatic heterocycles. The summed E-state index contributed by atoms with van der Waals surface area (Å²) >= 11 is 0. The van der Waals surface area contributed by atoms with E-state index in [0.717, 1.165) is 23.3 Å². The first-order chi connectivity index (χ1) is 10.2. The Kier molecular flexibility index (Phi) is 4.13. The average Bonchev–Trinajstić information content (AvgIpc) is 2.42. The van der Waals surface area contributed by atoms with Gasteiger partial charge in [0, 0.05) is 12.5 Å². The van der Waals surface area contributed by atoms with Crippen LogP contribution in [0.3, 0.4) is 0 Å². The first-order valence-electron chi connectivity index (χ1n) is 7.06.